The van der Waals surface area contributed by atoms with Crippen LogP contribution in [0.2, 0.25) is 0 Å². The van der Waals surface area contributed by atoms with Gasteiger partial charge in [0.15, 0.2) is 5.65 Å². The van der Waals surface area contributed by atoms with Gasteiger partial charge in [0.05, 0.1) is 4.90 Å². The Morgan fingerprint density at radius 3 is 2.48 bits per heavy atom. The van der Waals surface area contributed by atoms with Crippen molar-refractivity contribution in [3.05, 3.63) is 78.5 Å². The Morgan fingerprint density at radius 1 is 0.966 bits per heavy atom. The molecule has 7 heteroatoms. The number of nitrogens with one attached hydrogen (secondary N) is 1. The zero-order chi connectivity index (χ0) is 20.3. The molecule has 0 saturated carbocycles. The molecule has 2 aromatic heterocycles. The van der Waals surface area contributed by atoms with Crippen molar-refractivity contribution >= 4 is 21.2 Å². The lowest BCUT2D eigenvalue weighted by Crippen LogP contribution is -2.25. The first kappa shape index (κ1) is 19.3. The molecule has 1 N–H and O–H groups in total. The van der Waals surface area contributed by atoms with Crippen molar-refractivity contribution < 1.29 is 8.42 Å². The summed E-state index contributed by atoms with van der Waals surface area (Å²) in [6.07, 6.45) is 2.37. The summed E-state index contributed by atoms with van der Waals surface area (Å²) in [5.74, 6) is 0.838. The maximum absolute atomic E-state index is 12.4. The second-order valence-corrected chi connectivity index (χ2v) is 8.63. The van der Waals surface area contributed by atoms with Crippen LogP contribution < -0.4 is 4.72 Å². The molecule has 0 aliphatic rings. The molecule has 0 aliphatic heterocycles. The fraction of sp³-hybridized carbons (Fsp3) is 0.182. The van der Waals surface area contributed by atoms with E-state index in [1.807, 2.05) is 31.2 Å². The summed E-state index contributed by atoms with van der Waals surface area (Å²) in [6, 6.07) is 20.4. The van der Waals surface area contributed by atoms with Crippen LogP contribution in [0.15, 0.2) is 77.8 Å². The van der Waals surface area contributed by atoms with Crippen LogP contribution in [-0.2, 0) is 16.6 Å². The highest BCUT2D eigenvalue weighted by atomic mass is 32.2. The van der Waals surface area contributed by atoms with E-state index in [9.17, 15) is 8.42 Å². The molecule has 0 unspecified atom stereocenters. The third kappa shape index (κ3) is 4.21. The van der Waals surface area contributed by atoms with Crippen LogP contribution in [0.25, 0.3) is 22.6 Å². The number of benzene rings is 2. The van der Waals surface area contributed by atoms with Gasteiger partial charge in [0.2, 0.25) is 10.0 Å². The van der Waals surface area contributed by atoms with E-state index in [-0.39, 0.29) is 4.90 Å². The molecule has 29 heavy (non-hydrogen) atoms. The largest absolute Gasteiger partial charge is 0.309 e. The van der Waals surface area contributed by atoms with Crippen molar-refractivity contribution in [2.45, 2.75) is 24.8 Å². The zero-order valence-electron chi connectivity index (χ0n) is 16.1. The molecule has 148 valence electrons. The summed E-state index contributed by atoms with van der Waals surface area (Å²) in [5.41, 5.74) is 3.82. The highest BCUT2D eigenvalue weighted by Gasteiger charge is 2.15. The van der Waals surface area contributed by atoms with Gasteiger partial charge in [0, 0.05) is 24.8 Å². The van der Waals surface area contributed by atoms with E-state index in [2.05, 4.69) is 26.4 Å². The highest BCUT2D eigenvalue weighted by Crippen LogP contribution is 2.24. The molecule has 2 heterocycles. The molecule has 2 aromatic carbocycles. The van der Waals surface area contributed by atoms with E-state index < -0.39 is 10.0 Å². The quantitative estimate of drug-likeness (QED) is 0.474. The lowest BCUT2D eigenvalue weighted by molar-refractivity contribution is 0.572. The van der Waals surface area contributed by atoms with Gasteiger partial charge in [-0.3, -0.25) is 0 Å². The lowest BCUT2D eigenvalue weighted by atomic mass is 10.1. The molecular weight excluding hydrogens is 384 g/mol. The van der Waals surface area contributed by atoms with Gasteiger partial charge in [-0.2, -0.15) is 0 Å². The predicted octanol–water partition coefficient (Wildman–Crippen LogP) is 3.78. The van der Waals surface area contributed by atoms with E-state index in [0.29, 0.717) is 19.5 Å². The van der Waals surface area contributed by atoms with Crippen molar-refractivity contribution in [1.29, 1.82) is 0 Å². The first-order valence-corrected chi connectivity index (χ1v) is 11.0. The second-order valence-electron chi connectivity index (χ2n) is 6.86. The molecule has 0 radical (unpaired) electrons. The molecule has 0 spiro atoms. The topological polar surface area (TPSA) is 76.9 Å². The van der Waals surface area contributed by atoms with Crippen LogP contribution >= 0.6 is 0 Å². The Hall–Kier alpha value is -3.03. The van der Waals surface area contributed by atoms with Gasteiger partial charge < -0.3 is 4.57 Å². The Morgan fingerprint density at radius 2 is 1.72 bits per heavy atom. The van der Waals surface area contributed by atoms with E-state index in [0.717, 1.165) is 22.6 Å². The van der Waals surface area contributed by atoms with Crippen molar-refractivity contribution in [3.8, 4) is 11.4 Å². The number of hydrogen-bond acceptors (Lipinski definition) is 4. The van der Waals surface area contributed by atoms with Crippen molar-refractivity contribution in [2.75, 3.05) is 6.54 Å². The molecular formula is C22H22N4O2S. The third-order valence-electron chi connectivity index (χ3n) is 4.72. The first-order valence-electron chi connectivity index (χ1n) is 9.47. The van der Waals surface area contributed by atoms with Gasteiger partial charge in [-0.05, 0) is 37.6 Å². The normalized spacial score (nSPS) is 11.8. The van der Waals surface area contributed by atoms with E-state index in [4.69, 9.17) is 4.98 Å². The minimum absolute atomic E-state index is 0.273. The maximum atomic E-state index is 12.4. The smallest absolute Gasteiger partial charge is 0.240 e. The number of fused-ring (bicyclic) bond motifs is 1. The Balaban J connectivity index is 1.53. The average Bonchev–Trinajstić information content (AvgIpc) is 3.11. The number of sulfonamides is 1. The third-order valence-corrected chi connectivity index (χ3v) is 6.19. The molecule has 6 nitrogen and oxygen atoms in total. The fourth-order valence-electron chi connectivity index (χ4n) is 3.22. The molecule has 0 saturated heterocycles. The number of aromatic nitrogens is 3. The Bertz CT molecular complexity index is 1220. The average molecular weight is 407 g/mol. The van der Waals surface area contributed by atoms with Gasteiger partial charge in [-0.1, -0.05) is 48.0 Å². The van der Waals surface area contributed by atoms with Gasteiger partial charge >= 0.3 is 0 Å². The van der Waals surface area contributed by atoms with Gasteiger partial charge in [-0.25, -0.2) is 23.1 Å². The van der Waals surface area contributed by atoms with Gasteiger partial charge in [0.1, 0.15) is 11.3 Å². The second kappa shape index (κ2) is 8.14. The van der Waals surface area contributed by atoms with Crippen LogP contribution in [0.3, 0.4) is 0 Å². The molecule has 0 fully saturated rings. The zero-order valence-corrected chi connectivity index (χ0v) is 16.9. The molecule has 0 bridgehead atoms. The van der Waals surface area contributed by atoms with Crippen LogP contribution in [0.1, 0.15) is 12.0 Å². The SMILES string of the molecule is Cc1ccc(-c2nc3cccnc3n2CCCNS(=O)(=O)c2ccccc2)cc1. The van der Waals surface area contributed by atoms with E-state index in [1.54, 1.807) is 36.5 Å². The highest BCUT2D eigenvalue weighted by molar-refractivity contribution is 7.89. The van der Waals surface area contributed by atoms with Crippen LogP contribution in [0, 0.1) is 6.92 Å². The lowest BCUT2D eigenvalue weighted by Gasteiger charge is -2.10. The summed E-state index contributed by atoms with van der Waals surface area (Å²) in [5, 5.41) is 0. The van der Waals surface area contributed by atoms with E-state index in [1.165, 1.54) is 5.56 Å². The number of rotatable bonds is 7. The summed E-state index contributed by atoms with van der Waals surface area (Å²) >= 11 is 0. The van der Waals surface area contributed by atoms with Gasteiger partial charge in [0.25, 0.3) is 0 Å². The van der Waals surface area contributed by atoms with E-state index >= 15 is 0 Å². The molecule has 4 aromatic rings. The molecule has 0 aliphatic carbocycles. The maximum Gasteiger partial charge on any atom is 0.240 e. The number of hydrogen-bond donors (Lipinski definition) is 1. The summed E-state index contributed by atoms with van der Waals surface area (Å²) in [4.78, 5) is 9.50. The molecule has 0 amide bonds. The molecule has 0 atom stereocenters. The minimum atomic E-state index is -3.50. The minimum Gasteiger partial charge on any atom is -0.309 e. The van der Waals surface area contributed by atoms with Crippen LogP contribution in [0.4, 0.5) is 0 Å². The standard InChI is InChI=1S/C22H22N4O2S/c1-17-10-12-18(13-11-17)21-25-20-9-5-14-23-22(20)26(21)16-6-15-24-29(27,28)19-7-3-2-4-8-19/h2-5,7-14,24H,6,15-16H2,1H3. The molecule has 4 rings (SSSR count). The number of pyridine rings is 1. The monoisotopic (exact) mass is 406 g/mol. The van der Waals surface area contributed by atoms with Crippen LogP contribution in [0.5, 0.6) is 0 Å². The number of imidazole rings is 1. The van der Waals surface area contributed by atoms with Crippen molar-refractivity contribution in [3.63, 3.8) is 0 Å². The Labute approximate surface area is 170 Å². The number of aryl methyl sites for hydroxylation is 2. The van der Waals surface area contributed by atoms with Gasteiger partial charge in [-0.15, -0.1) is 0 Å². The fourth-order valence-corrected chi connectivity index (χ4v) is 4.32. The first-order chi connectivity index (χ1) is 14.0. The Kier molecular flexibility index (Phi) is 5.42. The van der Waals surface area contributed by atoms with Crippen molar-refractivity contribution in [2.24, 2.45) is 0 Å². The summed E-state index contributed by atoms with van der Waals surface area (Å²) in [6.45, 7) is 2.98. The number of nitrogens with zero attached hydrogens (tertiary/aromatic N) is 3. The predicted molar refractivity (Wildman–Crippen MR) is 114 cm³/mol. The summed E-state index contributed by atoms with van der Waals surface area (Å²) < 4.78 is 29.5. The van der Waals surface area contributed by atoms with Crippen LogP contribution in [-0.4, -0.2) is 29.5 Å². The summed E-state index contributed by atoms with van der Waals surface area (Å²) in [7, 11) is -3.50. The van der Waals surface area contributed by atoms with Crippen molar-refractivity contribution in [1.82, 2.24) is 19.3 Å².